The number of amides is 2. The Morgan fingerprint density at radius 1 is 0.933 bits per heavy atom. The van der Waals surface area contributed by atoms with Gasteiger partial charge in [0.1, 0.15) is 0 Å². The largest absolute Gasteiger partial charge is 0.454 e. The lowest BCUT2D eigenvalue weighted by Gasteiger charge is -2.15. The van der Waals surface area contributed by atoms with Crippen LogP contribution in [0.2, 0.25) is 5.02 Å². The molecule has 1 fully saturated rings. The number of Topliss-reactive ketones (excluding diaryl/α,β-unsaturated/α-hetero) is 1. The highest BCUT2D eigenvalue weighted by Crippen LogP contribution is 2.37. The van der Waals surface area contributed by atoms with E-state index in [1.54, 1.807) is 24.3 Å². The van der Waals surface area contributed by atoms with Crippen LogP contribution in [0, 0.1) is 11.8 Å². The van der Waals surface area contributed by atoms with Crippen molar-refractivity contribution in [3.63, 3.8) is 0 Å². The van der Waals surface area contributed by atoms with Gasteiger partial charge in [-0.05, 0) is 49.2 Å². The summed E-state index contributed by atoms with van der Waals surface area (Å²) in [5.74, 6) is -2.15. The molecule has 7 heteroatoms. The molecule has 1 aliphatic heterocycles. The van der Waals surface area contributed by atoms with Crippen molar-refractivity contribution in [2.75, 3.05) is 11.5 Å². The molecule has 2 aliphatic rings. The quantitative estimate of drug-likeness (QED) is 0.316. The monoisotopic (exact) mass is 423 g/mol. The average molecular weight is 424 g/mol. The molecule has 2 atom stereocenters. The summed E-state index contributed by atoms with van der Waals surface area (Å²) in [4.78, 5) is 50.9. The van der Waals surface area contributed by atoms with Crippen LogP contribution >= 0.6 is 11.6 Å². The summed E-state index contributed by atoms with van der Waals surface area (Å²) in [5.41, 5.74) is 0.913. The number of nitrogens with zero attached hydrogens (tertiary/aromatic N) is 1. The van der Waals surface area contributed by atoms with Gasteiger partial charge in [0.05, 0.1) is 28.1 Å². The van der Waals surface area contributed by atoms with Gasteiger partial charge in [-0.2, -0.15) is 0 Å². The van der Waals surface area contributed by atoms with Crippen LogP contribution in [0.1, 0.15) is 33.6 Å². The SMILES string of the molecule is O=C(OCC(=O)c1ccccc1Cl)c1ccc(N2C(=O)[C@H]3CC=CC[C@H]3C2=O)cc1. The third kappa shape index (κ3) is 3.66. The fourth-order valence-corrected chi connectivity index (χ4v) is 4.02. The van der Waals surface area contributed by atoms with Crippen LogP contribution in [0.3, 0.4) is 0 Å². The van der Waals surface area contributed by atoms with E-state index in [1.807, 2.05) is 12.2 Å². The molecule has 1 heterocycles. The summed E-state index contributed by atoms with van der Waals surface area (Å²) < 4.78 is 5.08. The number of carbonyl (C=O) groups excluding carboxylic acids is 4. The number of ketones is 1. The van der Waals surface area contributed by atoms with Gasteiger partial charge in [0.25, 0.3) is 0 Å². The van der Waals surface area contributed by atoms with Crippen LogP contribution in [0.4, 0.5) is 5.69 Å². The minimum Gasteiger partial charge on any atom is -0.454 e. The van der Waals surface area contributed by atoms with Crippen LogP contribution in [0.15, 0.2) is 60.7 Å². The average Bonchev–Trinajstić information content (AvgIpc) is 3.02. The Kier molecular flexibility index (Phi) is 5.50. The number of carbonyl (C=O) groups is 4. The van der Waals surface area contributed by atoms with E-state index < -0.39 is 18.4 Å². The van der Waals surface area contributed by atoms with Crippen LogP contribution in [0.5, 0.6) is 0 Å². The Hall–Kier alpha value is -3.25. The molecule has 152 valence electrons. The maximum Gasteiger partial charge on any atom is 0.338 e. The van der Waals surface area contributed by atoms with Crippen LogP contribution in [-0.2, 0) is 14.3 Å². The zero-order valence-corrected chi connectivity index (χ0v) is 16.7. The standard InChI is InChI=1S/C23H18ClNO5/c24-19-8-4-3-7-18(19)20(26)13-30-23(29)14-9-11-15(12-10-14)25-21(27)16-5-1-2-6-17(16)22(25)28/h1-4,7-12,16-17H,5-6,13H2/t16-,17+. The van der Waals surface area contributed by atoms with Crippen LogP contribution in [-0.4, -0.2) is 30.2 Å². The van der Waals surface area contributed by atoms with Crippen molar-refractivity contribution in [3.8, 4) is 0 Å². The second-order valence-electron chi connectivity index (χ2n) is 7.19. The zero-order valence-electron chi connectivity index (χ0n) is 15.9. The van der Waals surface area contributed by atoms with E-state index in [-0.39, 0.29) is 34.8 Å². The highest BCUT2D eigenvalue weighted by molar-refractivity contribution is 6.34. The van der Waals surface area contributed by atoms with Gasteiger partial charge in [-0.3, -0.25) is 19.3 Å². The van der Waals surface area contributed by atoms with Crippen molar-refractivity contribution < 1.29 is 23.9 Å². The fraction of sp³-hybridized carbons (Fsp3) is 0.217. The Morgan fingerprint density at radius 3 is 2.13 bits per heavy atom. The molecule has 1 aliphatic carbocycles. The molecule has 4 rings (SSSR count). The van der Waals surface area contributed by atoms with E-state index in [9.17, 15) is 19.2 Å². The summed E-state index contributed by atoms with van der Waals surface area (Å²) >= 11 is 5.98. The van der Waals surface area contributed by atoms with Gasteiger partial charge in [0.2, 0.25) is 17.6 Å². The van der Waals surface area contributed by atoms with E-state index in [1.165, 1.54) is 29.2 Å². The molecule has 0 unspecified atom stereocenters. The second-order valence-corrected chi connectivity index (χ2v) is 7.60. The molecule has 0 radical (unpaired) electrons. The number of allylic oxidation sites excluding steroid dienone is 2. The van der Waals surface area contributed by atoms with Crippen molar-refractivity contribution in [2.24, 2.45) is 11.8 Å². The molecular formula is C23H18ClNO5. The van der Waals surface area contributed by atoms with Gasteiger partial charge < -0.3 is 4.74 Å². The van der Waals surface area contributed by atoms with E-state index in [2.05, 4.69) is 0 Å². The number of imide groups is 1. The minimum absolute atomic E-state index is 0.212. The number of fused-ring (bicyclic) bond motifs is 1. The first-order valence-corrected chi connectivity index (χ1v) is 9.93. The number of anilines is 1. The molecule has 2 amide bonds. The zero-order chi connectivity index (χ0) is 21.3. The van der Waals surface area contributed by atoms with Gasteiger partial charge in [-0.25, -0.2) is 4.79 Å². The predicted octanol–water partition coefficient (Wildman–Crippen LogP) is 3.84. The maximum absolute atomic E-state index is 12.6. The second kappa shape index (κ2) is 8.24. The number of rotatable bonds is 5. The van der Waals surface area contributed by atoms with Crippen LogP contribution < -0.4 is 4.90 Å². The number of hydrogen-bond acceptors (Lipinski definition) is 5. The Bertz CT molecular complexity index is 1030. The third-order valence-corrected chi connectivity index (χ3v) is 5.71. The smallest absolute Gasteiger partial charge is 0.338 e. The van der Waals surface area contributed by atoms with Gasteiger partial charge >= 0.3 is 5.97 Å². The fourth-order valence-electron chi connectivity index (χ4n) is 3.78. The van der Waals surface area contributed by atoms with Crippen molar-refractivity contribution in [1.82, 2.24) is 0 Å². The van der Waals surface area contributed by atoms with Crippen molar-refractivity contribution >= 4 is 40.9 Å². The minimum atomic E-state index is -0.682. The number of benzene rings is 2. The van der Waals surface area contributed by atoms with E-state index in [0.29, 0.717) is 23.6 Å². The van der Waals surface area contributed by atoms with E-state index in [0.717, 1.165) is 0 Å². The highest BCUT2D eigenvalue weighted by Gasteiger charge is 2.47. The number of esters is 1. The summed E-state index contributed by atoms with van der Waals surface area (Å²) in [7, 11) is 0. The highest BCUT2D eigenvalue weighted by atomic mass is 35.5. The molecule has 30 heavy (non-hydrogen) atoms. The molecule has 0 spiro atoms. The first kappa shape index (κ1) is 20.0. The Balaban J connectivity index is 1.42. The summed E-state index contributed by atoms with van der Waals surface area (Å²) in [6.45, 7) is -0.441. The lowest BCUT2D eigenvalue weighted by Crippen LogP contribution is -2.30. The lowest BCUT2D eigenvalue weighted by molar-refractivity contribution is -0.122. The summed E-state index contributed by atoms with van der Waals surface area (Å²) in [5, 5.41) is 0.290. The van der Waals surface area contributed by atoms with Gasteiger partial charge in [0, 0.05) is 5.56 Å². The van der Waals surface area contributed by atoms with E-state index in [4.69, 9.17) is 16.3 Å². The summed E-state index contributed by atoms with van der Waals surface area (Å²) in [6, 6.07) is 12.5. The van der Waals surface area contributed by atoms with Crippen LogP contribution in [0.25, 0.3) is 0 Å². The molecule has 2 aromatic carbocycles. The Morgan fingerprint density at radius 2 is 1.53 bits per heavy atom. The van der Waals surface area contributed by atoms with Crippen molar-refractivity contribution in [1.29, 1.82) is 0 Å². The molecule has 0 saturated carbocycles. The van der Waals surface area contributed by atoms with Gasteiger partial charge in [0.15, 0.2) is 6.61 Å². The molecule has 0 aromatic heterocycles. The molecule has 2 aromatic rings. The molecule has 0 N–H and O–H groups in total. The first-order chi connectivity index (χ1) is 14.5. The molecule has 0 bridgehead atoms. The molecule has 6 nitrogen and oxygen atoms in total. The van der Waals surface area contributed by atoms with E-state index >= 15 is 0 Å². The Labute approximate surface area is 178 Å². The molecular weight excluding hydrogens is 406 g/mol. The number of ether oxygens (including phenoxy) is 1. The number of hydrogen-bond donors (Lipinski definition) is 0. The lowest BCUT2D eigenvalue weighted by atomic mass is 9.85. The van der Waals surface area contributed by atoms with Crippen molar-refractivity contribution in [3.05, 3.63) is 76.8 Å². The maximum atomic E-state index is 12.6. The number of halogens is 1. The third-order valence-electron chi connectivity index (χ3n) is 5.38. The molecule has 1 saturated heterocycles. The first-order valence-electron chi connectivity index (χ1n) is 9.55. The topological polar surface area (TPSA) is 80.8 Å². The van der Waals surface area contributed by atoms with Crippen molar-refractivity contribution in [2.45, 2.75) is 12.8 Å². The normalized spacial score (nSPS) is 20.2. The predicted molar refractivity (Wildman–Crippen MR) is 110 cm³/mol. The van der Waals surface area contributed by atoms with Gasteiger partial charge in [-0.1, -0.05) is 35.9 Å². The van der Waals surface area contributed by atoms with Gasteiger partial charge in [-0.15, -0.1) is 0 Å². The summed E-state index contributed by atoms with van der Waals surface area (Å²) in [6.07, 6.45) is 4.99.